The number of hydrogen-bond acceptors (Lipinski definition) is 6. The fourth-order valence-corrected chi connectivity index (χ4v) is 4.19. The number of carbonyl (C=O) groups excluding carboxylic acids is 1. The van der Waals surface area contributed by atoms with Crippen LogP contribution in [0.25, 0.3) is 0 Å². The molecular formula is C24H43N5O2. The van der Waals surface area contributed by atoms with Crippen molar-refractivity contribution >= 4 is 5.91 Å². The molecule has 176 valence electrons. The topological polar surface area (TPSA) is 56.1 Å². The molecule has 0 unspecified atom stereocenters. The Kier molecular flexibility index (Phi) is 7.81. The number of hydrogen-bond donors (Lipinski definition) is 0. The highest BCUT2D eigenvalue weighted by Crippen LogP contribution is 2.30. The maximum atomic E-state index is 11.9. The van der Waals surface area contributed by atoms with E-state index in [0.717, 1.165) is 64.2 Å². The first kappa shape index (κ1) is 24.2. The molecule has 3 fully saturated rings. The van der Waals surface area contributed by atoms with Crippen molar-refractivity contribution in [3.63, 3.8) is 0 Å². The van der Waals surface area contributed by atoms with Crippen molar-refractivity contribution in [1.82, 2.24) is 24.6 Å². The Balaban J connectivity index is 0.000000176. The summed E-state index contributed by atoms with van der Waals surface area (Å²) in [6.45, 7) is 22.2. The molecule has 4 rings (SSSR count). The van der Waals surface area contributed by atoms with Crippen LogP contribution in [0.15, 0.2) is 16.9 Å². The Morgan fingerprint density at radius 1 is 0.935 bits per heavy atom. The zero-order valence-corrected chi connectivity index (χ0v) is 20.6. The van der Waals surface area contributed by atoms with Crippen LogP contribution >= 0.6 is 0 Å². The molecule has 1 aromatic heterocycles. The second-order valence-electron chi connectivity index (χ2n) is 11.2. The smallest absolute Gasteiger partial charge is 0.236 e. The predicted molar refractivity (Wildman–Crippen MR) is 124 cm³/mol. The molecule has 1 aliphatic carbocycles. The number of amides is 1. The molecule has 3 heterocycles. The van der Waals surface area contributed by atoms with Crippen molar-refractivity contribution in [1.29, 1.82) is 0 Å². The lowest BCUT2D eigenvalue weighted by atomic mass is 10.0. The highest BCUT2D eigenvalue weighted by atomic mass is 16.3. The molecule has 31 heavy (non-hydrogen) atoms. The van der Waals surface area contributed by atoms with E-state index in [-0.39, 0.29) is 11.1 Å². The van der Waals surface area contributed by atoms with Gasteiger partial charge in [-0.3, -0.25) is 19.5 Å². The molecule has 7 nitrogen and oxygen atoms in total. The van der Waals surface area contributed by atoms with Gasteiger partial charge in [0.05, 0.1) is 19.3 Å². The Morgan fingerprint density at radius 3 is 2.03 bits per heavy atom. The minimum atomic E-state index is 0.126. The lowest BCUT2D eigenvalue weighted by Crippen LogP contribution is -2.56. The van der Waals surface area contributed by atoms with Crippen LogP contribution in [-0.4, -0.2) is 93.9 Å². The first-order chi connectivity index (χ1) is 14.5. The van der Waals surface area contributed by atoms with Crippen LogP contribution in [-0.2, 0) is 11.3 Å². The van der Waals surface area contributed by atoms with Crippen molar-refractivity contribution in [3.05, 3.63) is 18.4 Å². The molecule has 7 heteroatoms. The molecule has 0 N–H and O–H groups in total. The molecule has 3 aliphatic rings. The number of aromatic nitrogens is 1. The van der Waals surface area contributed by atoms with E-state index in [0.29, 0.717) is 12.5 Å². The lowest BCUT2D eigenvalue weighted by molar-refractivity contribution is -0.138. The molecule has 1 saturated carbocycles. The monoisotopic (exact) mass is 433 g/mol. The first-order valence-electron chi connectivity index (χ1n) is 11.9. The molecule has 0 bridgehead atoms. The third kappa shape index (κ3) is 7.58. The van der Waals surface area contributed by atoms with E-state index in [1.54, 1.807) is 12.5 Å². The summed E-state index contributed by atoms with van der Waals surface area (Å²) in [5.41, 5.74) is 0.413. The molecule has 0 atom stereocenters. The summed E-state index contributed by atoms with van der Waals surface area (Å²) < 4.78 is 5.26. The summed E-state index contributed by atoms with van der Waals surface area (Å²) in [6, 6.07) is 0. The van der Waals surface area contributed by atoms with Crippen LogP contribution in [0.1, 0.15) is 60.3 Å². The molecule has 0 radical (unpaired) electrons. The summed E-state index contributed by atoms with van der Waals surface area (Å²) in [7, 11) is 0. The van der Waals surface area contributed by atoms with E-state index in [1.165, 1.54) is 12.8 Å². The van der Waals surface area contributed by atoms with Gasteiger partial charge in [-0.1, -0.05) is 0 Å². The van der Waals surface area contributed by atoms with Crippen molar-refractivity contribution in [2.45, 2.75) is 72.0 Å². The Labute approximate surface area is 188 Å². The fraction of sp³-hybridized carbons (Fsp3) is 0.833. The van der Waals surface area contributed by atoms with Gasteiger partial charge < -0.3 is 9.32 Å². The van der Waals surface area contributed by atoms with Gasteiger partial charge in [0.1, 0.15) is 6.26 Å². The number of oxazole rings is 1. The van der Waals surface area contributed by atoms with Crippen LogP contribution < -0.4 is 0 Å². The van der Waals surface area contributed by atoms with Crippen LogP contribution in [0.4, 0.5) is 0 Å². The lowest BCUT2D eigenvalue weighted by Gasteiger charge is -2.41. The molecule has 0 aromatic carbocycles. The highest BCUT2D eigenvalue weighted by molar-refractivity contribution is 5.79. The van der Waals surface area contributed by atoms with Crippen molar-refractivity contribution in [2.24, 2.45) is 5.92 Å². The van der Waals surface area contributed by atoms with E-state index in [4.69, 9.17) is 4.42 Å². The third-order valence-electron chi connectivity index (χ3n) is 6.61. The molecule has 1 amide bonds. The van der Waals surface area contributed by atoms with Crippen LogP contribution in [0.3, 0.4) is 0 Å². The summed E-state index contributed by atoms with van der Waals surface area (Å²) in [6.07, 6.45) is 6.00. The second kappa shape index (κ2) is 10.0. The van der Waals surface area contributed by atoms with E-state index in [9.17, 15) is 4.79 Å². The Morgan fingerprint density at radius 2 is 1.55 bits per heavy atom. The van der Waals surface area contributed by atoms with E-state index in [1.807, 2.05) is 0 Å². The number of nitrogens with zero attached hydrogens (tertiary/aromatic N) is 5. The Hall–Kier alpha value is -1.44. The molecule has 0 spiro atoms. The van der Waals surface area contributed by atoms with Gasteiger partial charge >= 0.3 is 0 Å². The van der Waals surface area contributed by atoms with Crippen LogP contribution in [0.5, 0.6) is 0 Å². The summed E-state index contributed by atoms with van der Waals surface area (Å²) in [5, 5.41) is 0. The third-order valence-corrected chi connectivity index (χ3v) is 6.61. The van der Waals surface area contributed by atoms with Crippen molar-refractivity contribution < 1.29 is 9.21 Å². The Bertz CT molecular complexity index is 680. The average molecular weight is 434 g/mol. The largest absolute Gasteiger partial charge is 0.448 e. The summed E-state index contributed by atoms with van der Waals surface area (Å²) in [5.74, 6) is 1.96. The standard InChI is InChI=1S/C12H21N3O.C12H22N2O/c1-12(2,3)15-7-5-14(6-8-15)10-11-13-4-9-16-11;1-12(2,3)14-7-6-13(11(15)9-14)8-10-4-5-10/h4,9H,5-8,10H2,1-3H3;10H,4-9H2,1-3H3. The zero-order chi connectivity index (χ0) is 22.6. The predicted octanol–water partition coefficient (Wildman–Crippen LogP) is 2.93. The zero-order valence-electron chi connectivity index (χ0n) is 20.6. The van der Waals surface area contributed by atoms with Gasteiger partial charge in [-0.2, -0.15) is 0 Å². The van der Waals surface area contributed by atoms with Gasteiger partial charge in [-0.15, -0.1) is 0 Å². The number of rotatable bonds is 4. The minimum absolute atomic E-state index is 0.126. The summed E-state index contributed by atoms with van der Waals surface area (Å²) >= 11 is 0. The molecule has 2 aliphatic heterocycles. The maximum Gasteiger partial charge on any atom is 0.236 e. The van der Waals surface area contributed by atoms with Gasteiger partial charge in [0.25, 0.3) is 0 Å². The molecule has 2 saturated heterocycles. The van der Waals surface area contributed by atoms with Gasteiger partial charge in [0, 0.05) is 56.9 Å². The fourth-order valence-electron chi connectivity index (χ4n) is 4.19. The van der Waals surface area contributed by atoms with Crippen molar-refractivity contribution in [2.75, 3.05) is 52.4 Å². The normalized spacial score (nSPS) is 22.4. The van der Waals surface area contributed by atoms with Gasteiger partial charge in [-0.05, 0) is 60.3 Å². The van der Waals surface area contributed by atoms with Crippen LogP contribution in [0, 0.1) is 5.92 Å². The van der Waals surface area contributed by atoms with Gasteiger partial charge in [0.15, 0.2) is 0 Å². The van der Waals surface area contributed by atoms with E-state index < -0.39 is 0 Å². The average Bonchev–Trinajstić information content (AvgIpc) is 3.36. The van der Waals surface area contributed by atoms with Crippen LogP contribution in [0.2, 0.25) is 0 Å². The number of piperazine rings is 2. The molecular weight excluding hydrogens is 390 g/mol. The first-order valence-corrected chi connectivity index (χ1v) is 11.9. The summed E-state index contributed by atoms with van der Waals surface area (Å²) in [4.78, 5) is 25.3. The quantitative estimate of drug-likeness (QED) is 0.728. The highest BCUT2D eigenvalue weighted by Gasteiger charge is 2.33. The minimum Gasteiger partial charge on any atom is -0.448 e. The second-order valence-corrected chi connectivity index (χ2v) is 11.2. The van der Waals surface area contributed by atoms with E-state index in [2.05, 4.69) is 66.1 Å². The van der Waals surface area contributed by atoms with Gasteiger partial charge in [0.2, 0.25) is 11.8 Å². The SMILES string of the molecule is CC(C)(C)N1CCN(CC2CC2)C(=O)C1.CC(C)(C)N1CCN(Cc2ncco2)CC1. The number of carbonyl (C=O) groups is 1. The van der Waals surface area contributed by atoms with Crippen molar-refractivity contribution in [3.8, 4) is 0 Å². The van der Waals surface area contributed by atoms with E-state index >= 15 is 0 Å². The van der Waals surface area contributed by atoms with Gasteiger partial charge in [-0.25, -0.2) is 4.98 Å². The maximum absolute atomic E-state index is 11.9. The molecule has 1 aromatic rings.